The number of nitrogens with zero attached hydrogens (tertiary/aromatic N) is 3. The number of aromatic nitrogens is 3. The number of nitrogen functional groups attached to an aromatic ring is 1. The van der Waals surface area contributed by atoms with Crippen LogP contribution in [0.15, 0.2) is 60.8 Å². The molecule has 3 aliphatic rings. The van der Waals surface area contributed by atoms with Crippen molar-refractivity contribution < 1.29 is 42.7 Å². The number of esters is 2. The van der Waals surface area contributed by atoms with Crippen molar-refractivity contribution in [1.29, 1.82) is 0 Å². The van der Waals surface area contributed by atoms with Crippen molar-refractivity contribution >= 4 is 39.4 Å². The highest BCUT2D eigenvalue weighted by Gasteiger charge is 2.54. The molecule has 2 aromatic heterocycles. The Morgan fingerprint density at radius 2 is 1.68 bits per heavy atom. The summed E-state index contributed by atoms with van der Waals surface area (Å²) < 4.78 is 39.1. The fourth-order valence-electron chi connectivity index (χ4n) is 8.90. The Hall–Kier alpha value is -5.64. The van der Waals surface area contributed by atoms with Gasteiger partial charge in [-0.25, -0.2) is 10.6 Å². The number of rotatable bonds is 9. The number of aromatic amines is 1. The minimum atomic E-state index is -0.670. The molecule has 3 aromatic carbocycles. The number of hydrazine groups is 1. The lowest BCUT2D eigenvalue weighted by molar-refractivity contribution is -0.176. The lowest BCUT2D eigenvalue weighted by Crippen LogP contribution is -2.58. The third-order valence-electron chi connectivity index (χ3n) is 11.5. The predicted molar refractivity (Wildman–Crippen MR) is 208 cm³/mol. The number of H-pyrrole nitrogens is 1. The molecule has 15 heteroatoms. The highest BCUT2D eigenvalue weighted by molar-refractivity contribution is 5.92. The summed E-state index contributed by atoms with van der Waals surface area (Å²) >= 11 is 0. The molecule has 0 amide bonds. The summed E-state index contributed by atoms with van der Waals surface area (Å²) in [6.45, 7) is 1.68. The van der Waals surface area contributed by atoms with Crippen molar-refractivity contribution in [3.05, 3.63) is 77.6 Å². The van der Waals surface area contributed by atoms with E-state index in [1.54, 1.807) is 32.5 Å². The van der Waals surface area contributed by atoms with Crippen LogP contribution in [0.25, 0.3) is 21.7 Å². The molecule has 2 aliphatic heterocycles. The number of piperidine rings is 1. The number of nitrogens with two attached hydrogens (primary N) is 1. The van der Waals surface area contributed by atoms with E-state index in [2.05, 4.69) is 31.6 Å². The van der Waals surface area contributed by atoms with Gasteiger partial charge in [0, 0.05) is 53.6 Å². The Bertz CT molecular complexity index is 2180. The number of anilines is 1. The molecule has 0 bridgehead atoms. The van der Waals surface area contributed by atoms with Crippen LogP contribution < -0.4 is 30.2 Å². The van der Waals surface area contributed by atoms with Crippen LogP contribution in [0.4, 0.5) is 5.82 Å². The summed E-state index contributed by atoms with van der Waals surface area (Å²) in [6.07, 6.45) is 2.62. The molecule has 6 atom stereocenters. The number of ether oxygens (including phenoxy) is 7. The number of fused-ring (bicyclic) bond motifs is 7. The van der Waals surface area contributed by atoms with Crippen molar-refractivity contribution in [2.45, 2.75) is 37.5 Å². The zero-order chi connectivity index (χ0) is 39.5. The van der Waals surface area contributed by atoms with Crippen LogP contribution in [-0.4, -0.2) is 100.0 Å². The maximum Gasteiger partial charge on any atom is 0.338 e. The van der Waals surface area contributed by atoms with Crippen LogP contribution in [-0.2, 0) is 25.4 Å². The molecule has 15 nitrogen and oxygen atoms in total. The maximum absolute atomic E-state index is 13.5. The van der Waals surface area contributed by atoms with E-state index in [0.717, 1.165) is 48.0 Å². The number of hydrogen-bond acceptors (Lipinski definition) is 14. The second-order valence-corrected chi connectivity index (χ2v) is 14.1. The number of methoxy groups -OCH3 is 6. The van der Waals surface area contributed by atoms with E-state index in [-0.39, 0.29) is 29.4 Å². The first-order valence-electron chi connectivity index (χ1n) is 18.5. The van der Waals surface area contributed by atoms with Crippen LogP contribution in [0.1, 0.15) is 40.5 Å². The Balaban J connectivity index is 0.000000339. The van der Waals surface area contributed by atoms with Gasteiger partial charge < -0.3 is 43.6 Å². The summed E-state index contributed by atoms with van der Waals surface area (Å²) in [7, 11) is 9.10. The Labute approximate surface area is 324 Å². The van der Waals surface area contributed by atoms with E-state index in [4.69, 9.17) is 39.0 Å². The SMILES string of the molecule is COC(=O)[C@H]1[C@H]2C[C@@H]3c4[nH]c5cc(OC)ccc5c4CCN3C[C@H]2C[C@@H](OC(=O)c2cc(OC)c(OC)c(OC)c2)[C@@H]1OC.NNc1nncc2ccccc12. The number of carbonyl (C=O) groups excluding carboxylic acids is 2. The number of benzene rings is 3. The first-order valence-corrected chi connectivity index (χ1v) is 18.5. The average Bonchev–Trinajstić information content (AvgIpc) is 3.62. The van der Waals surface area contributed by atoms with Crippen LogP contribution in [0.2, 0.25) is 0 Å². The van der Waals surface area contributed by atoms with Gasteiger partial charge in [-0.1, -0.05) is 24.3 Å². The molecule has 296 valence electrons. The van der Waals surface area contributed by atoms with Crippen molar-refractivity contribution in [3.8, 4) is 23.0 Å². The quantitative estimate of drug-likeness (QED) is 0.103. The molecule has 0 spiro atoms. The monoisotopic (exact) mass is 768 g/mol. The lowest BCUT2D eigenvalue weighted by Gasteiger charge is -2.52. The molecule has 56 heavy (non-hydrogen) atoms. The molecule has 1 saturated carbocycles. The van der Waals surface area contributed by atoms with Crippen LogP contribution in [0, 0.1) is 17.8 Å². The molecule has 0 unspecified atom stereocenters. The Morgan fingerprint density at radius 1 is 0.911 bits per heavy atom. The summed E-state index contributed by atoms with van der Waals surface area (Å²) in [5.74, 6) is 6.31. The van der Waals surface area contributed by atoms with Crippen molar-refractivity contribution in [3.63, 3.8) is 0 Å². The van der Waals surface area contributed by atoms with Gasteiger partial charge in [0.2, 0.25) is 5.75 Å². The Morgan fingerprint density at radius 3 is 2.36 bits per heavy atom. The lowest BCUT2D eigenvalue weighted by atomic mass is 9.63. The molecule has 4 N–H and O–H groups in total. The molecule has 1 saturated heterocycles. The summed E-state index contributed by atoms with van der Waals surface area (Å²) in [6, 6.07) is 17.2. The highest BCUT2D eigenvalue weighted by Crippen LogP contribution is 2.51. The van der Waals surface area contributed by atoms with Crippen LogP contribution >= 0.6 is 0 Å². The fraction of sp³-hybridized carbons (Fsp3) is 0.415. The average molecular weight is 769 g/mol. The molecule has 2 fully saturated rings. The van der Waals surface area contributed by atoms with Crippen LogP contribution in [0.3, 0.4) is 0 Å². The van der Waals surface area contributed by atoms with E-state index in [9.17, 15) is 9.59 Å². The number of nitrogens with one attached hydrogen (secondary N) is 2. The van der Waals surface area contributed by atoms with Crippen molar-refractivity contribution in [2.75, 3.05) is 61.2 Å². The number of hydrogen-bond donors (Lipinski definition) is 3. The molecule has 0 radical (unpaired) electrons. The van der Waals surface area contributed by atoms with E-state index in [1.165, 1.54) is 45.1 Å². The summed E-state index contributed by atoms with van der Waals surface area (Å²) in [5.41, 5.74) is 6.32. The molecular formula is C41H48N6O9. The van der Waals surface area contributed by atoms with Crippen LogP contribution in [0.5, 0.6) is 23.0 Å². The largest absolute Gasteiger partial charge is 0.497 e. The molecule has 1 aliphatic carbocycles. The molecule has 4 heterocycles. The maximum atomic E-state index is 13.5. The third-order valence-corrected chi connectivity index (χ3v) is 11.5. The van der Waals surface area contributed by atoms with Gasteiger partial charge >= 0.3 is 11.9 Å². The second kappa shape index (κ2) is 16.6. The number of carbonyl (C=O) groups is 2. The zero-order valence-electron chi connectivity index (χ0n) is 32.4. The smallest absolute Gasteiger partial charge is 0.338 e. The minimum Gasteiger partial charge on any atom is -0.497 e. The first kappa shape index (κ1) is 38.6. The van der Waals surface area contributed by atoms with E-state index >= 15 is 0 Å². The summed E-state index contributed by atoms with van der Waals surface area (Å²) in [4.78, 5) is 33.1. The molecular weight excluding hydrogens is 720 g/mol. The zero-order valence-corrected chi connectivity index (χ0v) is 32.4. The van der Waals surface area contributed by atoms with Gasteiger partial charge in [0.15, 0.2) is 17.3 Å². The fourth-order valence-corrected chi connectivity index (χ4v) is 8.90. The molecule has 8 rings (SSSR count). The van der Waals surface area contributed by atoms with E-state index in [1.807, 2.05) is 36.4 Å². The van der Waals surface area contributed by atoms with Crippen molar-refractivity contribution in [1.82, 2.24) is 20.1 Å². The van der Waals surface area contributed by atoms with E-state index in [0.29, 0.717) is 29.5 Å². The van der Waals surface area contributed by atoms with Gasteiger partial charge in [0.25, 0.3) is 0 Å². The van der Waals surface area contributed by atoms with Gasteiger partial charge in [-0.2, -0.15) is 5.10 Å². The predicted octanol–water partition coefficient (Wildman–Crippen LogP) is 5.09. The second-order valence-electron chi connectivity index (χ2n) is 14.1. The van der Waals surface area contributed by atoms with E-state index < -0.39 is 24.1 Å². The highest BCUT2D eigenvalue weighted by atomic mass is 16.6. The van der Waals surface area contributed by atoms with Gasteiger partial charge in [-0.05, 0) is 60.9 Å². The van der Waals surface area contributed by atoms with Gasteiger partial charge in [-0.3, -0.25) is 9.69 Å². The minimum absolute atomic E-state index is 0.0170. The van der Waals surface area contributed by atoms with Crippen molar-refractivity contribution in [2.24, 2.45) is 23.6 Å². The van der Waals surface area contributed by atoms with Gasteiger partial charge in [0.05, 0.1) is 59.3 Å². The molecule has 5 aromatic rings. The van der Waals surface area contributed by atoms with Gasteiger partial charge in [0.1, 0.15) is 18.0 Å². The normalized spacial score (nSPS) is 22.7. The summed E-state index contributed by atoms with van der Waals surface area (Å²) in [5, 5.41) is 10.9. The Kier molecular flexibility index (Phi) is 11.5. The standard InChI is InChI=1S/C33H40N2O9.C8H8N4/c1-38-19-7-8-20-21-9-10-35-16-18-13-27(44-32(36)17-11-25(39-2)30(41-4)26(12-17)40-3)31(42-5)28(33(37)43-6)22(18)15-24(35)29(21)34-23(20)14-19;9-11-8-7-4-2-1-3-6(7)5-10-12-8/h7-8,11-12,14,18,22,24,27-28,31,34H,9-10,13,15-16H2,1-6H3;1-5H,9H2,(H,11,12)/t18-,22+,24-,27-,28+,31+;/m1./s1. The topological polar surface area (TPSA) is 182 Å². The van der Waals surface area contributed by atoms with Gasteiger partial charge in [-0.15, -0.1) is 5.10 Å². The third kappa shape index (κ3) is 7.13. The first-order chi connectivity index (χ1) is 27.3.